The van der Waals surface area contributed by atoms with Crippen LogP contribution in [0.25, 0.3) is 0 Å². The Kier molecular flexibility index (Phi) is 4.10. The lowest BCUT2D eigenvalue weighted by molar-refractivity contribution is 0.290. The van der Waals surface area contributed by atoms with Gasteiger partial charge in [0.1, 0.15) is 0 Å². The fourth-order valence-electron chi connectivity index (χ4n) is 1.69. The summed E-state index contributed by atoms with van der Waals surface area (Å²) < 4.78 is 17.0. The molecule has 3 nitrogen and oxygen atoms in total. The van der Waals surface area contributed by atoms with E-state index in [1.807, 2.05) is 44.2 Å². The van der Waals surface area contributed by atoms with Crippen molar-refractivity contribution < 1.29 is 13.7 Å². The molecule has 0 aliphatic carbocycles. The van der Waals surface area contributed by atoms with Gasteiger partial charge in [0.25, 0.3) is 0 Å². The zero-order valence-electron chi connectivity index (χ0n) is 9.76. The van der Waals surface area contributed by atoms with E-state index < -0.39 is 0 Å². The number of rotatable bonds is 3. The fourth-order valence-corrected chi connectivity index (χ4v) is 1.69. The van der Waals surface area contributed by atoms with E-state index in [0.29, 0.717) is 0 Å². The highest BCUT2D eigenvalue weighted by molar-refractivity contribution is 6.79. The maximum atomic E-state index is 5.71. The summed E-state index contributed by atoms with van der Waals surface area (Å²) in [6.07, 6.45) is 1.67. The molecule has 1 aromatic rings. The first-order valence-electron chi connectivity index (χ1n) is 5.84. The molecule has 2 rings (SSSR count). The molecule has 1 heterocycles. The SMILES string of the molecule is CCB1OB(CC)OB(c2ccccc2)O1. The van der Waals surface area contributed by atoms with Crippen LogP contribution in [0.15, 0.2) is 30.3 Å². The second kappa shape index (κ2) is 5.57. The van der Waals surface area contributed by atoms with E-state index in [4.69, 9.17) is 13.7 Å². The van der Waals surface area contributed by atoms with Crippen LogP contribution in [0.3, 0.4) is 0 Å². The highest BCUT2D eigenvalue weighted by Gasteiger charge is 2.39. The van der Waals surface area contributed by atoms with Gasteiger partial charge in [0, 0.05) is 0 Å². The zero-order chi connectivity index (χ0) is 11.4. The molecule has 16 heavy (non-hydrogen) atoms. The molecule has 0 saturated carbocycles. The molecule has 0 N–H and O–H groups in total. The van der Waals surface area contributed by atoms with E-state index in [-0.39, 0.29) is 21.4 Å². The predicted octanol–water partition coefficient (Wildman–Crippen LogP) is 1.46. The Morgan fingerprint density at radius 1 is 0.875 bits per heavy atom. The van der Waals surface area contributed by atoms with Gasteiger partial charge in [-0.1, -0.05) is 44.2 Å². The minimum Gasteiger partial charge on any atom is -0.453 e. The van der Waals surface area contributed by atoms with Crippen molar-refractivity contribution >= 4 is 26.8 Å². The van der Waals surface area contributed by atoms with Gasteiger partial charge in [0.05, 0.1) is 0 Å². The largest absolute Gasteiger partial charge is 0.466 e. The molecule has 82 valence electrons. The Balaban J connectivity index is 2.09. The van der Waals surface area contributed by atoms with E-state index >= 15 is 0 Å². The van der Waals surface area contributed by atoms with Crippen molar-refractivity contribution in [3.05, 3.63) is 30.3 Å². The normalized spacial score (nSPS) is 16.8. The molecular formula is C10H15B3O3. The van der Waals surface area contributed by atoms with Crippen molar-refractivity contribution in [1.29, 1.82) is 0 Å². The molecule has 0 spiro atoms. The van der Waals surface area contributed by atoms with Gasteiger partial charge in [-0.05, 0) is 18.1 Å². The van der Waals surface area contributed by atoms with Crippen molar-refractivity contribution in [2.24, 2.45) is 0 Å². The Morgan fingerprint density at radius 3 is 1.94 bits per heavy atom. The second-order valence-corrected chi connectivity index (χ2v) is 3.83. The van der Waals surface area contributed by atoms with Gasteiger partial charge in [0.15, 0.2) is 0 Å². The van der Waals surface area contributed by atoms with Gasteiger partial charge < -0.3 is 13.7 Å². The maximum absolute atomic E-state index is 5.71. The summed E-state index contributed by atoms with van der Waals surface area (Å²) in [4.78, 5) is 0. The van der Waals surface area contributed by atoms with Crippen LogP contribution in [0, 0.1) is 0 Å². The topological polar surface area (TPSA) is 27.7 Å². The van der Waals surface area contributed by atoms with Crippen LogP contribution < -0.4 is 5.46 Å². The van der Waals surface area contributed by atoms with Crippen molar-refractivity contribution in [2.45, 2.75) is 26.5 Å². The molecule has 1 saturated heterocycles. The Morgan fingerprint density at radius 2 is 1.44 bits per heavy atom. The third kappa shape index (κ3) is 2.70. The first kappa shape index (κ1) is 11.8. The lowest BCUT2D eigenvalue weighted by Crippen LogP contribution is -2.53. The van der Waals surface area contributed by atoms with Gasteiger partial charge in [-0.25, -0.2) is 0 Å². The molecule has 1 fully saturated rings. The number of hydrogen-bond donors (Lipinski definition) is 0. The van der Waals surface area contributed by atoms with Crippen LogP contribution in [0.5, 0.6) is 0 Å². The number of hydrogen-bond acceptors (Lipinski definition) is 3. The minimum absolute atomic E-state index is 0.163. The molecule has 0 aromatic heterocycles. The average Bonchev–Trinajstić information content (AvgIpc) is 2.39. The first-order chi connectivity index (χ1) is 7.83. The summed E-state index contributed by atoms with van der Waals surface area (Å²) in [5.74, 6) is 0. The fraction of sp³-hybridized carbons (Fsp3) is 0.400. The highest BCUT2D eigenvalue weighted by atomic mass is 16.7. The minimum atomic E-state index is -0.301. The van der Waals surface area contributed by atoms with Crippen molar-refractivity contribution in [3.8, 4) is 0 Å². The summed E-state index contributed by atoms with van der Waals surface area (Å²) in [7, 11) is -0.627. The Hall–Kier alpha value is -0.705. The van der Waals surface area contributed by atoms with Crippen molar-refractivity contribution in [3.63, 3.8) is 0 Å². The summed E-state index contributed by atoms with van der Waals surface area (Å²) >= 11 is 0. The maximum Gasteiger partial charge on any atom is 0.466 e. The van der Waals surface area contributed by atoms with Crippen molar-refractivity contribution in [2.75, 3.05) is 0 Å². The monoisotopic (exact) mass is 216 g/mol. The van der Waals surface area contributed by atoms with Crippen LogP contribution in [0.2, 0.25) is 12.6 Å². The van der Waals surface area contributed by atoms with Gasteiger partial charge in [-0.3, -0.25) is 0 Å². The van der Waals surface area contributed by atoms with E-state index in [9.17, 15) is 0 Å². The predicted molar refractivity (Wildman–Crippen MR) is 67.6 cm³/mol. The molecule has 1 aliphatic heterocycles. The molecule has 0 atom stereocenters. The van der Waals surface area contributed by atoms with Crippen LogP contribution in [0.4, 0.5) is 0 Å². The Labute approximate surface area is 97.9 Å². The molecule has 0 bridgehead atoms. The van der Waals surface area contributed by atoms with Gasteiger partial charge in [-0.15, -0.1) is 0 Å². The van der Waals surface area contributed by atoms with E-state index in [1.54, 1.807) is 0 Å². The van der Waals surface area contributed by atoms with Crippen LogP contribution >= 0.6 is 0 Å². The van der Waals surface area contributed by atoms with E-state index in [0.717, 1.165) is 18.1 Å². The quantitative estimate of drug-likeness (QED) is 0.715. The molecular weight excluding hydrogens is 201 g/mol. The zero-order valence-corrected chi connectivity index (χ0v) is 9.76. The molecule has 0 radical (unpaired) electrons. The molecule has 1 aliphatic rings. The molecule has 0 unspecified atom stereocenters. The lowest BCUT2D eigenvalue weighted by Gasteiger charge is -2.30. The van der Waals surface area contributed by atoms with E-state index in [2.05, 4.69) is 0 Å². The summed E-state index contributed by atoms with van der Waals surface area (Å²) in [5.41, 5.74) is 1.04. The van der Waals surface area contributed by atoms with Crippen LogP contribution in [0.1, 0.15) is 13.8 Å². The van der Waals surface area contributed by atoms with Crippen molar-refractivity contribution in [1.82, 2.24) is 0 Å². The van der Waals surface area contributed by atoms with Gasteiger partial charge >= 0.3 is 21.4 Å². The average molecular weight is 216 g/mol. The second-order valence-electron chi connectivity index (χ2n) is 3.83. The third-order valence-corrected chi connectivity index (χ3v) is 2.59. The van der Waals surface area contributed by atoms with Crippen LogP contribution in [-0.2, 0) is 13.7 Å². The summed E-state index contributed by atoms with van der Waals surface area (Å²) in [6.45, 7) is 4.09. The van der Waals surface area contributed by atoms with E-state index in [1.165, 1.54) is 0 Å². The highest BCUT2D eigenvalue weighted by Crippen LogP contribution is 2.13. The Bertz CT molecular complexity index is 310. The number of benzene rings is 1. The van der Waals surface area contributed by atoms with Gasteiger partial charge in [-0.2, -0.15) is 0 Å². The standard InChI is InChI=1S/C10H15B3O3/c1-3-11-14-12(4-2)16-13(15-11)10-8-6-5-7-9-10/h5-9H,3-4H2,1-2H3. The third-order valence-electron chi connectivity index (χ3n) is 2.59. The lowest BCUT2D eigenvalue weighted by atomic mass is 9.64. The molecule has 0 amide bonds. The first-order valence-corrected chi connectivity index (χ1v) is 5.84. The van der Waals surface area contributed by atoms with Crippen LogP contribution in [-0.4, -0.2) is 21.4 Å². The molecule has 6 heteroatoms. The van der Waals surface area contributed by atoms with Gasteiger partial charge in [0.2, 0.25) is 0 Å². The smallest absolute Gasteiger partial charge is 0.453 e. The summed E-state index contributed by atoms with van der Waals surface area (Å²) in [6, 6.07) is 9.97. The molecule has 1 aromatic carbocycles. The summed E-state index contributed by atoms with van der Waals surface area (Å²) in [5, 5.41) is 0.